The van der Waals surface area contributed by atoms with E-state index in [2.05, 4.69) is 45.8 Å². The van der Waals surface area contributed by atoms with Gasteiger partial charge in [-0.15, -0.1) is 0 Å². The molecule has 0 amide bonds. The molecule has 0 fully saturated rings. The van der Waals surface area contributed by atoms with Gasteiger partial charge >= 0.3 is 0 Å². The third-order valence-corrected chi connectivity index (χ3v) is 5.43. The number of fused-ring (bicyclic) bond motifs is 2. The summed E-state index contributed by atoms with van der Waals surface area (Å²) in [4.78, 5) is 0. The summed E-state index contributed by atoms with van der Waals surface area (Å²) in [7, 11) is 1.90. The van der Waals surface area contributed by atoms with Gasteiger partial charge in [0.25, 0.3) is 0 Å². The second-order valence-corrected chi connectivity index (χ2v) is 7.32. The van der Waals surface area contributed by atoms with E-state index in [1.807, 2.05) is 42.5 Å². The second-order valence-electron chi connectivity index (χ2n) is 7.32. The Kier molecular flexibility index (Phi) is 3.87. The maximum absolute atomic E-state index is 9.16. The van der Waals surface area contributed by atoms with Crippen molar-refractivity contribution in [2.75, 3.05) is 5.32 Å². The summed E-state index contributed by atoms with van der Waals surface area (Å²) in [6, 6.07) is 14.9. The zero-order valence-electron chi connectivity index (χ0n) is 15.6. The maximum atomic E-state index is 9.16. The number of hydrogen-bond donors (Lipinski definition) is 1. The monoisotopic (exact) mass is 368 g/mol. The standard InChI is InChI=1S/C22H20N6/c1-27-14-19(13-24-27)28-22-10-18(7-6-17(22)12-25-28)26-21-4-2-3-16-9-15(11-23)5-8-20(16)21/h5-10,12-14,21,26H,2-4H2,1H3. The van der Waals surface area contributed by atoms with Crippen molar-refractivity contribution >= 4 is 16.6 Å². The molecule has 0 saturated heterocycles. The molecule has 0 bridgehead atoms. The van der Waals surface area contributed by atoms with E-state index in [0.29, 0.717) is 0 Å². The minimum atomic E-state index is 0.253. The van der Waals surface area contributed by atoms with Gasteiger partial charge in [-0.2, -0.15) is 15.5 Å². The van der Waals surface area contributed by atoms with Crippen LogP contribution < -0.4 is 5.32 Å². The molecule has 28 heavy (non-hydrogen) atoms. The average Bonchev–Trinajstić information content (AvgIpc) is 3.33. The van der Waals surface area contributed by atoms with Crippen molar-refractivity contribution in [3.05, 3.63) is 71.7 Å². The van der Waals surface area contributed by atoms with Crippen LogP contribution in [0, 0.1) is 11.3 Å². The van der Waals surface area contributed by atoms with Gasteiger partial charge in [0.15, 0.2) is 0 Å². The normalized spacial score (nSPS) is 15.9. The summed E-state index contributed by atoms with van der Waals surface area (Å²) in [5, 5.41) is 22.7. The molecule has 0 aliphatic heterocycles. The van der Waals surface area contributed by atoms with Gasteiger partial charge in [-0.05, 0) is 60.7 Å². The molecule has 6 heteroatoms. The maximum Gasteiger partial charge on any atom is 0.103 e. The lowest BCUT2D eigenvalue weighted by atomic mass is 9.86. The van der Waals surface area contributed by atoms with Gasteiger partial charge in [0, 0.05) is 18.1 Å². The molecule has 1 aliphatic carbocycles. The summed E-state index contributed by atoms with van der Waals surface area (Å²) >= 11 is 0. The second kappa shape index (κ2) is 6.54. The van der Waals surface area contributed by atoms with Crippen molar-refractivity contribution in [1.29, 1.82) is 5.26 Å². The number of aryl methyl sites for hydroxylation is 2. The van der Waals surface area contributed by atoms with Gasteiger partial charge in [0.1, 0.15) is 5.69 Å². The van der Waals surface area contributed by atoms with Gasteiger partial charge in [-0.3, -0.25) is 4.68 Å². The van der Waals surface area contributed by atoms with Gasteiger partial charge in [0.05, 0.1) is 41.8 Å². The lowest BCUT2D eigenvalue weighted by Crippen LogP contribution is -2.17. The zero-order valence-corrected chi connectivity index (χ0v) is 15.6. The van der Waals surface area contributed by atoms with Crippen molar-refractivity contribution < 1.29 is 0 Å². The Bertz CT molecular complexity index is 1210. The number of benzene rings is 2. The van der Waals surface area contributed by atoms with E-state index in [-0.39, 0.29) is 6.04 Å². The molecule has 0 radical (unpaired) electrons. The first-order chi connectivity index (χ1) is 13.7. The minimum Gasteiger partial charge on any atom is -0.378 e. The third-order valence-electron chi connectivity index (χ3n) is 5.43. The fourth-order valence-corrected chi connectivity index (χ4v) is 4.07. The molecule has 4 aromatic rings. The third kappa shape index (κ3) is 2.81. The van der Waals surface area contributed by atoms with E-state index in [1.165, 1.54) is 11.1 Å². The first kappa shape index (κ1) is 16.6. The summed E-state index contributed by atoms with van der Waals surface area (Å²) in [5.41, 5.74) is 6.38. The molecule has 2 aromatic carbocycles. The number of aromatic nitrogens is 4. The molecule has 5 rings (SSSR count). The number of anilines is 1. The molecule has 1 N–H and O–H groups in total. The first-order valence-electron chi connectivity index (χ1n) is 9.47. The molecule has 1 unspecified atom stereocenters. The van der Waals surface area contributed by atoms with Crippen LogP contribution in [0.5, 0.6) is 0 Å². The Morgan fingerprint density at radius 1 is 1.14 bits per heavy atom. The Morgan fingerprint density at radius 3 is 2.89 bits per heavy atom. The predicted molar refractivity (Wildman–Crippen MR) is 108 cm³/mol. The van der Waals surface area contributed by atoms with Crippen LogP contribution in [0.2, 0.25) is 0 Å². The number of nitriles is 1. The van der Waals surface area contributed by atoms with Crippen LogP contribution in [0.25, 0.3) is 16.6 Å². The molecule has 0 spiro atoms. The largest absolute Gasteiger partial charge is 0.378 e. The van der Waals surface area contributed by atoms with Crippen molar-refractivity contribution in [2.45, 2.75) is 25.3 Å². The quantitative estimate of drug-likeness (QED) is 0.590. The van der Waals surface area contributed by atoms with Gasteiger partial charge < -0.3 is 5.32 Å². The Labute approximate surface area is 163 Å². The average molecular weight is 368 g/mol. The fraction of sp³-hybridized carbons (Fsp3) is 0.227. The van der Waals surface area contributed by atoms with Crippen molar-refractivity contribution in [3.8, 4) is 11.8 Å². The Balaban J connectivity index is 1.49. The lowest BCUT2D eigenvalue weighted by Gasteiger charge is -2.27. The van der Waals surface area contributed by atoms with Crippen LogP contribution >= 0.6 is 0 Å². The van der Waals surface area contributed by atoms with Crippen LogP contribution in [-0.2, 0) is 13.5 Å². The molecule has 138 valence electrons. The molecular formula is C22H20N6. The highest BCUT2D eigenvalue weighted by Crippen LogP contribution is 2.34. The van der Waals surface area contributed by atoms with E-state index < -0.39 is 0 Å². The number of rotatable bonds is 3. The van der Waals surface area contributed by atoms with Crippen molar-refractivity contribution in [1.82, 2.24) is 19.6 Å². The Morgan fingerprint density at radius 2 is 2.07 bits per heavy atom. The van der Waals surface area contributed by atoms with E-state index in [0.717, 1.165) is 47.1 Å². The highest BCUT2D eigenvalue weighted by atomic mass is 15.3. The zero-order chi connectivity index (χ0) is 19.1. The molecule has 1 aliphatic rings. The highest BCUT2D eigenvalue weighted by molar-refractivity contribution is 5.83. The summed E-state index contributed by atoms with van der Waals surface area (Å²) in [5.74, 6) is 0. The highest BCUT2D eigenvalue weighted by Gasteiger charge is 2.20. The number of hydrogen-bond acceptors (Lipinski definition) is 4. The molecule has 6 nitrogen and oxygen atoms in total. The SMILES string of the molecule is Cn1cc(-n2ncc3ccc(NC4CCCc5cc(C#N)ccc54)cc32)cn1. The molecule has 0 saturated carbocycles. The molecular weight excluding hydrogens is 348 g/mol. The lowest BCUT2D eigenvalue weighted by molar-refractivity contribution is 0.600. The Hall–Kier alpha value is -3.59. The van der Waals surface area contributed by atoms with E-state index in [9.17, 15) is 0 Å². The van der Waals surface area contributed by atoms with Crippen LogP contribution in [0.15, 0.2) is 55.0 Å². The van der Waals surface area contributed by atoms with E-state index in [4.69, 9.17) is 5.26 Å². The minimum absolute atomic E-state index is 0.253. The van der Waals surface area contributed by atoms with Crippen molar-refractivity contribution in [3.63, 3.8) is 0 Å². The number of nitrogens with one attached hydrogen (secondary N) is 1. The number of nitrogens with zero attached hydrogens (tertiary/aromatic N) is 5. The van der Waals surface area contributed by atoms with Crippen LogP contribution in [0.3, 0.4) is 0 Å². The summed E-state index contributed by atoms with van der Waals surface area (Å²) < 4.78 is 3.70. The van der Waals surface area contributed by atoms with Crippen LogP contribution in [0.4, 0.5) is 5.69 Å². The smallest absolute Gasteiger partial charge is 0.103 e. The molecule has 1 atom stereocenters. The van der Waals surface area contributed by atoms with Gasteiger partial charge in [0.2, 0.25) is 0 Å². The first-order valence-corrected chi connectivity index (χ1v) is 9.47. The van der Waals surface area contributed by atoms with Crippen LogP contribution in [-0.4, -0.2) is 19.6 Å². The summed E-state index contributed by atoms with van der Waals surface area (Å²) in [6.07, 6.45) is 8.89. The van der Waals surface area contributed by atoms with Gasteiger partial charge in [-0.25, -0.2) is 4.68 Å². The topological polar surface area (TPSA) is 71.5 Å². The fourth-order valence-electron chi connectivity index (χ4n) is 4.07. The molecule has 2 heterocycles. The molecule has 2 aromatic heterocycles. The predicted octanol–water partition coefficient (Wildman–Crippen LogP) is 4.12. The van der Waals surface area contributed by atoms with E-state index in [1.54, 1.807) is 4.68 Å². The van der Waals surface area contributed by atoms with Gasteiger partial charge in [-0.1, -0.05) is 6.07 Å². The summed E-state index contributed by atoms with van der Waals surface area (Å²) in [6.45, 7) is 0. The van der Waals surface area contributed by atoms with E-state index >= 15 is 0 Å². The van der Waals surface area contributed by atoms with Crippen molar-refractivity contribution in [2.24, 2.45) is 7.05 Å². The van der Waals surface area contributed by atoms with Crippen LogP contribution in [0.1, 0.15) is 35.6 Å².